The number of nitrogens with zero attached hydrogens (tertiary/aromatic N) is 1. The molecule has 0 amide bonds. The number of halogens is 2. The maximum absolute atomic E-state index is 13.8. The van der Waals surface area contributed by atoms with Gasteiger partial charge in [-0.1, -0.05) is 40.2 Å². The fourth-order valence-electron chi connectivity index (χ4n) is 3.46. The molecule has 0 saturated carbocycles. The molecule has 1 N–H and O–H groups in total. The third kappa shape index (κ3) is 2.82. The van der Waals surface area contributed by atoms with Crippen molar-refractivity contribution in [1.29, 1.82) is 0 Å². The minimum Gasteiger partial charge on any atom is -0.505 e. The minimum absolute atomic E-state index is 0.210. The molecule has 3 aromatic carbocycles. The maximum Gasteiger partial charge on any atom is 0.265 e. The van der Waals surface area contributed by atoms with E-state index < -0.39 is 27.6 Å². The number of fused-ring (bicyclic) bond motifs is 3. The Morgan fingerprint density at radius 3 is 2.52 bits per heavy atom. The van der Waals surface area contributed by atoms with Crippen molar-refractivity contribution in [2.75, 3.05) is 4.31 Å². The Kier molecular flexibility index (Phi) is 4.24. The van der Waals surface area contributed by atoms with Crippen LogP contribution in [0.1, 0.15) is 18.5 Å². The average molecular weight is 448 g/mol. The van der Waals surface area contributed by atoms with E-state index in [1.807, 2.05) is 30.3 Å². The van der Waals surface area contributed by atoms with Gasteiger partial charge in [-0.15, -0.1) is 0 Å². The molecule has 27 heavy (non-hydrogen) atoms. The predicted molar refractivity (Wildman–Crippen MR) is 106 cm³/mol. The SMILES string of the molecule is CC1c2ccccc2-c2cc(Br)ccc2N1S(=O)(=O)c1ccc(O)c(F)c1. The molecule has 0 radical (unpaired) electrons. The highest BCUT2D eigenvalue weighted by Crippen LogP contribution is 2.47. The van der Waals surface area contributed by atoms with E-state index in [9.17, 15) is 17.9 Å². The molecule has 7 heteroatoms. The molecule has 1 atom stereocenters. The van der Waals surface area contributed by atoms with E-state index in [0.717, 1.165) is 33.3 Å². The standard InChI is InChI=1S/C20H15BrFNO3S/c1-12-15-4-2-3-5-16(15)17-10-13(21)6-8-19(17)23(12)27(25,26)14-7-9-20(24)18(22)11-14/h2-12,24H,1H3. The van der Waals surface area contributed by atoms with Gasteiger partial charge < -0.3 is 5.11 Å². The summed E-state index contributed by atoms with van der Waals surface area (Å²) in [6.45, 7) is 1.80. The summed E-state index contributed by atoms with van der Waals surface area (Å²) in [6, 6.07) is 15.6. The molecule has 4 rings (SSSR count). The quantitative estimate of drug-likeness (QED) is 0.584. The van der Waals surface area contributed by atoms with E-state index in [2.05, 4.69) is 15.9 Å². The van der Waals surface area contributed by atoms with E-state index in [4.69, 9.17) is 0 Å². The smallest absolute Gasteiger partial charge is 0.265 e. The highest BCUT2D eigenvalue weighted by Gasteiger charge is 2.37. The van der Waals surface area contributed by atoms with Gasteiger partial charge in [0, 0.05) is 10.0 Å². The van der Waals surface area contributed by atoms with Gasteiger partial charge in [-0.2, -0.15) is 0 Å². The van der Waals surface area contributed by atoms with Gasteiger partial charge in [0.2, 0.25) is 0 Å². The molecule has 0 bridgehead atoms. The van der Waals surface area contributed by atoms with Crippen molar-refractivity contribution in [1.82, 2.24) is 0 Å². The Labute approximate surface area is 165 Å². The normalized spacial score (nSPS) is 16.0. The number of aromatic hydroxyl groups is 1. The summed E-state index contributed by atoms with van der Waals surface area (Å²) in [7, 11) is -4.05. The lowest BCUT2D eigenvalue weighted by Crippen LogP contribution is -2.36. The van der Waals surface area contributed by atoms with Crippen LogP contribution in [0.15, 0.2) is 70.0 Å². The molecule has 0 fully saturated rings. The van der Waals surface area contributed by atoms with Crippen molar-refractivity contribution in [3.05, 3.63) is 76.5 Å². The highest BCUT2D eigenvalue weighted by molar-refractivity contribution is 9.10. The Hall–Kier alpha value is -2.38. The van der Waals surface area contributed by atoms with Gasteiger partial charge in [-0.05, 0) is 54.4 Å². The van der Waals surface area contributed by atoms with E-state index in [0.29, 0.717) is 5.69 Å². The van der Waals surface area contributed by atoms with Crippen LogP contribution >= 0.6 is 15.9 Å². The number of phenols is 1. The van der Waals surface area contributed by atoms with Gasteiger partial charge in [0.05, 0.1) is 16.6 Å². The molecule has 0 aromatic heterocycles. The zero-order chi connectivity index (χ0) is 19.3. The molecular weight excluding hydrogens is 433 g/mol. The number of benzene rings is 3. The van der Waals surface area contributed by atoms with Gasteiger partial charge in [-0.25, -0.2) is 12.8 Å². The first-order valence-corrected chi connectivity index (χ1v) is 10.5. The first-order valence-electron chi connectivity index (χ1n) is 8.22. The topological polar surface area (TPSA) is 57.6 Å². The van der Waals surface area contributed by atoms with Crippen molar-refractivity contribution in [3.63, 3.8) is 0 Å². The second-order valence-corrected chi connectivity index (χ2v) is 9.07. The van der Waals surface area contributed by atoms with Crippen molar-refractivity contribution in [3.8, 4) is 16.9 Å². The lowest BCUT2D eigenvalue weighted by molar-refractivity contribution is 0.431. The molecule has 138 valence electrons. The lowest BCUT2D eigenvalue weighted by atomic mass is 9.90. The summed E-state index contributed by atoms with van der Waals surface area (Å²) in [5.41, 5.74) is 3.13. The van der Waals surface area contributed by atoms with Crippen LogP contribution in [0.4, 0.5) is 10.1 Å². The molecular formula is C20H15BrFNO3S. The van der Waals surface area contributed by atoms with Crippen LogP contribution in [0.25, 0.3) is 11.1 Å². The number of phenolic OH excluding ortho intramolecular Hbond substituents is 1. The molecule has 4 nitrogen and oxygen atoms in total. The monoisotopic (exact) mass is 447 g/mol. The van der Waals surface area contributed by atoms with Crippen LogP contribution in [0, 0.1) is 5.82 Å². The second kappa shape index (κ2) is 6.35. The van der Waals surface area contributed by atoms with E-state index in [1.54, 1.807) is 19.1 Å². The van der Waals surface area contributed by atoms with Crippen LogP contribution < -0.4 is 4.31 Å². The van der Waals surface area contributed by atoms with E-state index in [-0.39, 0.29) is 4.90 Å². The zero-order valence-corrected chi connectivity index (χ0v) is 16.6. The molecule has 0 aliphatic carbocycles. The van der Waals surface area contributed by atoms with Crippen LogP contribution in [0.2, 0.25) is 0 Å². The number of sulfonamides is 1. The predicted octanol–water partition coefficient (Wildman–Crippen LogP) is 5.23. The van der Waals surface area contributed by atoms with E-state index >= 15 is 0 Å². The Balaban J connectivity index is 1.97. The van der Waals surface area contributed by atoms with Crippen LogP contribution in [0.5, 0.6) is 5.75 Å². The Bertz CT molecular complexity index is 1160. The number of anilines is 1. The summed E-state index contributed by atoms with van der Waals surface area (Å²) in [5.74, 6) is -1.56. The minimum atomic E-state index is -4.05. The number of hydrogen-bond acceptors (Lipinski definition) is 3. The van der Waals surface area contributed by atoms with Crippen molar-refractivity contribution >= 4 is 31.6 Å². The molecule has 1 aliphatic heterocycles. The van der Waals surface area contributed by atoms with Crippen molar-refractivity contribution < 1.29 is 17.9 Å². The average Bonchev–Trinajstić information content (AvgIpc) is 2.64. The number of hydrogen-bond donors (Lipinski definition) is 1. The van der Waals surface area contributed by atoms with E-state index in [1.165, 1.54) is 10.4 Å². The first kappa shape index (κ1) is 18.0. The Morgan fingerprint density at radius 1 is 1.04 bits per heavy atom. The zero-order valence-electron chi connectivity index (χ0n) is 14.2. The van der Waals surface area contributed by atoms with Crippen molar-refractivity contribution in [2.24, 2.45) is 0 Å². The second-order valence-electron chi connectivity index (χ2n) is 6.34. The lowest BCUT2D eigenvalue weighted by Gasteiger charge is -2.37. The summed E-state index contributed by atoms with van der Waals surface area (Å²) in [4.78, 5) is -0.210. The maximum atomic E-state index is 13.8. The summed E-state index contributed by atoms with van der Waals surface area (Å²) in [6.07, 6.45) is 0. The molecule has 0 spiro atoms. The molecule has 1 heterocycles. The molecule has 0 saturated heterocycles. The largest absolute Gasteiger partial charge is 0.505 e. The van der Waals surface area contributed by atoms with Crippen LogP contribution in [-0.2, 0) is 10.0 Å². The van der Waals surface area contributed by atoms with Crippen LogP contribution in [-0.4, -0.2) is 13.5 Å². The van der Waals surface area contributed by atoms with Gasteiger partial charge in [0.15, 0.2) is 11.6 Å². The summed E-state index contributed by atoms with van der Waals surface area (Å²) < 4.78 is 42.7. The molecule has 1 aliphatic rings. The van der Waals surface area contributed by atoms with Gasteiger partial charge in [-0.3, -0.25) is 4.31 Å². The third-order valence-electron chi connectivity index (χ3n) is 4.72. The van der Waals surface area contributed by atoms with Crippen molar-refractivity contribution in [2.45, 2.75) is 17.9 Å². The summed E-state index contributed by atoms with van der Waals surface area (Å²) in [5, 5.41) is 9.40. The fraction of sp³-hybridized carbons (Fsp3) is 0.100. The van der Waals surface area contributed by atoms with Gasteiger partial charge in [0.1, 0.15) is 0 Å². The molecule has 3 aromatic rings. The highest BCUT2D eigenvalue weighted by atomic mass is 79.9. The number of rotatable bonds is 2. The first-order chi connectivity index (χ1) is 12.8. The van der Waals surface area contributed by atoms with Gasteiger partial charge >= 0.3 is 0 Å². The van der Waals surface area contributed by atoms with Crippen LogP contribution in [0.3, 0.4) is 0 Å². The van der Waals surface area contributed by atoms with Gasteiger partial charge in [0.25, 0.3) is 10.0 Å². The fourth-order valence-corrected chi connectivity index (χ4v) is 5.49. The summed E-state index contributed by atoms with van der Waals surface area (Å²) >= 11 is 3.44. The third-order valence-corrected chi connectivity index (χ3v) is 7.10. The molecule has 1 unspecified atom stereocenters. The Morgan fingerprint density at radius 2 is 1.78 bits per heavy atom.